The summed E-state index contributed by atoms with van der Waals surface area (Å²) in [5.74, 6) is 0.341. The van der Waals surface area contributed by atoms with Crippen molar-refractivity contribution >= 4 is 17.0 Å². The lowest BCUT2D eigenvalue weighted by Gasteiger charge is -2.02. The van der Waals surface area contributed by atoms with Gasteiger partial charge in [0, 0.05) is 0 Å². The fourth-order valence-corrected chi connectivity index (χ4v) is 2.61. The Morgan fingerprint density at radius 1 is 1.16 bits per heavy atom. The molecule has 0 fully saturated rings. The Balaban J connectivity index is 1.54. The van der Waals surface area contributed by atoms with Gasteiger partial charge < -0.3 is 9.72 Å². The number of carbonyl (C=O) groups is 1. The summed E-state index contributed by atoms with van der Waals surface area (Å²) in [4.78, 5) is 19.2. The Morgan fingerprint density at radius 3 is 2.72 bits per heavy atom. The zero-order valence-corrected chi connectivity index (χ0v) is 13.5. The Hall–Kier alpha value is -3.48. The second-order valence-electron chi connectivity index (χ2n) is 5.59. The van der Waals surface area contributed by atoms with Gasteiger partial charge in [0.25, 0.3) is 0 Å². The van der Waals surface area contributed by atoms with E-state index in [1.807, 2.05) is 42.6 Å². The molecule has 25 heavy (non-hydrogen) atoms. The van der Waals surface area contributed by atoms with Gasteiger partial charge in [-0.2, -0.15) is 0 Å². The number of carbonyl (C=O) groups excluding carboxylic acids is 1. The normalized spacial score (nSPS) is 10.9. The first-order valence-corrected chi connectivity index (χ1v) is 7.75. The molecule has 2 heterocycles. The Labute approximate surface area is 143 Å². The van der Waals surface area contributed by atoms with Crippen LogP contribution >= 0.6 is 0 Å². The second kappa shape index (κ2) is 6.20. The molecule has 0 bridgehead atoms. The van der Waals surface area contributed by atoms with Crippen LogP contribution in [-0.4, -0.2) is 38.0 Å². The van der Waals surface area contributed by atoms with Crippen molar-refractivity contribution in [1.82, 2.24) is 25.0 Å². The number of imidazole rings is 1. The number of para-hydroxylation sites is 2. The van der Waals surface area contributed by atoms with Crippen LogP contribution in [0.15, 0.2) is 54.7 Å². The van der Waals surface area contributed by atoms with Crippen LogP contribution in [-0.2, 0) is 11.3 Å². The number of benzene rings is 2. The molecule has 0 spiro atoms. The number of hydrogen-bond acceptors (Lipinski definition) is 5. The first kappa shape index (κ1) is 15.1. The number of aromatic amines is 1. The molecule has 7 heteroatoms. The fraction of sp³-hybridized carbons (Fsp3) is 0.111. The van der Waals surface area contributed by atoms with Crippen LogP contribution in [0.5, 0.6) is 0 Å². The highest BCUT2D eigenvalue weighted by atomic mass is 16.5. The molecule has 0 atom stereocenters. The highest BCUT2D eigenvalue weighted by molar-refractivity contribution is 5.89. The van der Waals surface area contributed by atoms with Crippen molar-refractivity contribution in [3.63, 3.8) is 0 Å². The van der Waals surface area contributed by atoms with E-state index in [1.165, 1.54) is 7.11 Å². The van der Waals surface area contributed by atoms with E-state index in [4.69, 9.17) is 4.74 Å². The van der Waals surface area contributed by atoms with Crippen molar-refractivity contribution in [2.75, 3.05) is 7.11 Å². The molecule has 4 aromatic rings. The topological polar surface area (TPSA) is 85.7 Å². The quantitative estimate of drug-likeness (QED) is 0.580. The molecule has 0 aliphatic rings. The third-order valence-corrected chi connectivity index (χ3v) is 3.89. The van der Waals surface area contributed by atoms with Crippen LogP contribution in [0.1, 0.15) is 15.9 Å². The lowest BCUT2D eigenvalue weighted by atomic mass is 10.1. The number of fused-ring (bicyclic) bond motifs is 1. The maximum atomic E-state index is 11.5. The number of esters is 1. The van der Waals surface area contributed by atoms with Crippen LogP contribution in [0.25, 0.3) is 22.6 Å². The largest absolute Gasteiger partial charge is 0.465 e. The van der Waals surface area contributed by atoms with Crippen molar-refractivity contribution in [2.24, 2.45) is 0 Å². The molecule has 1 N–H and O–H groups in total. The smallest absolute Gasteiger partial charge is 0.337 e. The average molecular weight is 333 g/mol. The van der Waals surface area contributed by atoms with E-state index in [-0.39, 0.29) is 5.97 Å². The zero-order valence-electron chi connectivity index (χ0n) is 13.5. The maximum Gasteiger partial charge on any atom is 0.337 e. The molecule has 0 saturated heterocycles. The van der Waals surface area contributed by atoms with Gasteiger partial charge in [-0.15, -0.1) is 5.10 Å². The van der Waals surface area contributed by atoms with E-state index in [0.29, 0.717) is 23.6 Å². The minimum absolute atomic E-state index is 0.348. The number of H-pyrrole nitrogens is 1. The number of nitrogens with one attached hydrogen (secondary N) is 1. The van der Waals surface area contributed by atoms with Crippen LogP contribution in [0.2, 0.25) is 0 Å². The maximum absolute atomic E-state index is 11.5. The van der Waals surface area contributed by atoms with Gasteiger partial charge in [-0.1, -0.05) is 29.5 Å². The summed E-state index contributed by atoms with van der Waals surface area (Å²) in [5.41, 5.74) is 4.07. The zero-order chi connectivity index (χ0) is 17.2. The van der Waals surface area contributed by atoms with Crippen LogP contribution in [0.3, 0.4) is 0 Å². The highest BCUT2D eigenvalue weighted by Crippen LogP contribution is 2.18. The number of hydrogen-bond donors (Lipinski definition) is 1. The van der Waals surface area contributed by atoms with E-state index in [1.54, 1.807) is 16.8 Å². The van der Waals surface area contributed by atoms with E-state index in [9.17, 15) is 4.79 Å². The summed E-state index contributed by atoms with van der Waals surface area (Å²) in [5, 5.41) is 8.33. The molecule has 2 aromatic carbocycles. The average Bonchev–Trinajstić information content (AvgIpc) is 3.28. The van der Waals surface area contributed by atoms with E-state index in [0.717, 1.165) is 16.6 Å². The minimum Gasteiger partial charge on any atom is -0.465 e. The van der Waals surface area contributed by atoms with Gasteiger partial charge in [0.15, 0.2) is 5.82 Å². The number of aromatic nitrogens is 5. The molecule has 0 aliphatic heterocycles. The molecule has 7 nitrogen and oxygen atoms in total. The highest BCUT2D eigenvalue weighted by Gasteiger charge is 2.10. The first-order chi connectivity index (χ1) is 12.2. The monoisotopic (exact) mass is 333 g/mol. The van der Waals surface area contributed by atoms with Gasteiger partial charge in [-0.05, 0) is 29.8 Å². The second-order valence-corrected chi connectivity index (χ2v) is 5.59. The number of nitrogens with zero attached hydrogens (tertiary/aromatic N) is 4. The van der Waals surface area contributed by atoms with Crippen molar-refractivity contribution in [3.05, 3.63) is 65.9 Å². The predicted molar refractivity (Wildman–Crippen MR) is 92.0 cm³/mol. The number of rotatable bonds is 4. The first-order valence-electron chi connectivity index (χ1n) is 7.75. The summed E-state index contributed by atoms with van der Waals surface area (Å²) >= 11 is 0. The molecular formula is C18H15N5O2. The van der Waals surface area contributed by atoms with Crippen LogP contribution in [0.4, 0.5) is 0 Å². The Kier molecular flexibility index (Phi) is 3.74. The van der Waals surface area contributed by atoms with Crippen molar-refractivity contribution in [1.29, 1.82) is 0 Å². The van der Waals surface area contributed by atoms with Crippen molar-refractivity contribution < 1.29 is 9.53 Å². The lowest BCUT2D eigenvalue weighted by Crippen LogP contribution is -2.03. The third kappa shape index (κ3) is 2.99. The van der Waals surface area contributed by atoms with Gasteiger partial charge in [0.1, 0.15) is 5.69 Å². The molecule has 0 unspecified atom stereocenters. The summed E-state index contributed by atoms with van der Waals surface area (Å²) in [6.45, 7) is 0.550. The summed E-state index contributed by atoms with van der Waals surface area (Å²) in [6.07, 6.45) is 1.84. The minimum atomic E-state index is -0.348. The van der Waals surface area contributed by atoms with Gasteiger partial charge in [-0.25, -0.2) is 14.5 Å². The molecule has 124 valence electrons. The molecule has 2 aromatic heterocycles. The van der Waals surface area contributed by atoms with Crippen molar-refractivity contribution in [2.45, 2.75) is 6.54 Å². The number of ether oxygens (including phenoxy) is 1. The summed E-state index contributed by atoms with van der Waals surface area (Å²) in [6, 6.07) is 15.0. The van der Waals surface area contributed by atoms with E-state index in [2.05, 4.69) is 20.3 Å². The summed E-state index contributed by atoms with van der Waals surface area (Å²) in [7, 11) is 1.37. The molecule has 4 rings (SSSR count). The van der Waals surface area contributed by atoms with Gasteiger partial charge in [-0.3, -0.25) is 0 Å². The van der Waals surface area contributed by atoms with E-state index < -0.39 is 0 Å². The molecular weight excluding hydrogens is 318 g/mol. The van der Waals surface area contributed by atoms with Crippen LogP contribution in [0, 0.1) is 0 Å². The fourth-order valence-electron chi connectivity index (χ4n) is 2.61. The van der Waals surface area contributed by atoms with E-state index >= 15 is 0 Å². The van der Waals surface area contributed by atoms with Gasteiger partial charge >= 0.3 is 5.97 Å². The molecule has 0 saturated carbocycles. The lowest BCUT2D eigenvalue weighted by molar-refractivity contribution is 0.0600. The third-order valence-electron chi connectivity index (χ3n) is 3.89. The molecule has 0 amide bonds. The van der Waals surface area contributed by atoms with Crippen molar-refractivity contribution in [3.8, 4) is 11.5 Å². The standard InChI is InChI=1S/C18H15N5O2/c1-25-18(24)13-8-6-12(7-9-13)10-23-11-16(21-22-23)17-19-14-4-2-3-5-15(14)20-17/h2-9,11H,10H2,1H3,(H,19,20). The Morgan fingerprint density at radius 2 is 1.96 bits per heavy atom. The number of methoxy groups -OCH3 is 1. The summed E-state index contributed by atoms with van der Waals surface area (Å²) < 4.78 is 6.43. The van der Waals surface area contributed by atoms with Crippen LogP contribution < -0.4 is 0 Å². The SMILES string of the molecule is COC(=O)c1ccc(Cn2cc(-c3nc4ccccc4[nH]3)nn2)cc1. The molecule has 0 radical (unpaired) electrons. The Bertz CT molecular complexity index is 1000. The van der Waals surface area contributed by atoms with Gasteiger partial charge in [0.05, 0.1) is 36.4 Å². The molecule has 0 aliphatic carbocycles. The predicted octanol–water partition coefficient (Wildman–Crippen LogP) is 2.66. The van der Waals surface area contributed by atoms with Gasteiger partial charge in [0.2, 0.25) is 0 Å².